The number of anilines is 1. The van der Waals surface area contributed by atoms with Crippen molar-refractivity contribution in [2.45, 2.75) is 17.4 Å². The first-order valence-corrected chi connectivity index (χ1v) is 9.86. The lowest BCUT2D eigenvalue weighted by Gasteiger charge is -2.21. The highest BCUT2D eigenvalue weighted by Crippen LogP contribution is 2.31. The molecule has 1 amide bonds. The lowest BCUT2D eigenvalue weighted by atomic mass is 10.1. The largest absolute Gasteiger partial charge is 0.497 e. The molecule has 0 fully saturated rings. The molecule has 2 aromatic carbocycles. The van der Waals surface area contributed by atoms with E-state index in [0.29, 0.717) is 16.9 Å². The summed E-state index contributed by atoms with van der Waals surface area (Å²) in [5.74, 6) is 0.590. The average Bonchev–Trinajstić information content (AvgIpc) is 2.95. The van der Waals surface area contributed by atoms with E-state index in [1.54, 1.807) is 44.5 Å². The van der Waals surface area contributed by atoms with Crippen LogP contribution in [0.25, 0.3) is 0 Å². The maximum atomic E-state index is 12.9. The molecule has 144 valence electrons. The van der Waals surface area contributed by atoms with Gasteiger partial charge in [-0.2, -0.15) is 4.31 Å². The van der Waals surface area contributed by atoms with Crippen molar-refractivity contribution in [2.75, 3.05) is 32.6 Å². The summed E-state index contributed by atoms with van der Waals surface area (Å²) in [5, 5.41) is 10.4. The number of aliphatic hydroxyl groups excluding tert-OH is 1. The number of sulfonamides is 1. The number of hydrogen-bond donors (Lipinski definition) is 1. The van der Waals surface area contributed by atoms with Gasteiger partial charge in [0.15, 0.2) is 0 Å². The highest BCUT2D eigenvalue weighted by atomic mass is 32.2. The fourth-order valence-electron chi connectivity index (χ4n) is 3.06. The summed E-state index contributed by atoms with van der Waals surface area (Å²) in [7, 11) is 0.846. The average molecular weight is 390 g/mol. The molecule has 0 aromatic heterocycles. The third-order valence-corrected chi connectivity index (χ3v) is 6.59. The van der Waals surface area contributed by atoms with Crippen LogP contribution in [-0.4, -0.2) is 51.5 Å². The van der Waals surface area contributed by atoms with Crippen molar-refractivity contribution in [3.63, 3.8) is 0 Å². The molecule has 0 saturated heterocycles. The van der Waals surface area contributed by atoms with Crippen LogP contribution in [-0.2, 0) is 21.2 Å². The van der Waals surface area contributed by atoms with E-state index in [-0.39, 0.29) is 23.8 Å². The van der Waals surface area contributed by atoms with Gasteiger partial charge in [-0.25, -0.2) is 8.42 Å². The third-order valence-electron chi connectivity index (χ3n) is 4.77. The van der Waals surface area contributed by atoms with E-state index >= 15 is 0 Å². The third kappa shape index (κ3) is 3.69. The van der Waals surface area contributed by atoms with Gasteiger partial charge in [0.25, 0.3) is 0 Å². The second-order valence-corrected chi connectivity index (χ2v) is 8.54. The first-order valence-electron chi connectivity index (χ1n) is 8.42. The number of ether oxygens (including phenoxy) is 1. The second-order valence-electron chi connectivity index (χ2n) is 6.49. The number of carbonyl (C=O) groups is 1. The fraction of sp³-hybridized carbons (Fsp3) is 0.316. The Labute approximate surface area is 158 Å². The van der Waals surface area contributed by atoms with Gasteiger partial charge in [-0.05, 0) is 41.5 Å². The molecule has 0 aliphatic carbocycles. The molecule has 3 rings (SSSR count). The summed E-state index contributed by atoms with van der Waals surface area (Å²) in [6, 6.07) is 11.5. The Kier molecular flexibility index (Phi) is 5.23. The minimum absolute atomic E-state index is 0.0668. The van der Waals surface area contributed by atoms with Crippen molar-refractivity contribution in [3.05, 3.63) is 53.6 Å². The fourth-order valence-corrected chi connectivity index (χ4v) is 4.29. The van der Waals surface area contributed by atoms with Crippen LogP contribution in [0.5, 0.6) is 5.75 Å². The molecular weight excluding hydrogens is 368 g/mol. The zero-order chi connectivity index (χ0) is 19.8. The van der Waals surface area contributed by atoms with E-state index in [2.05, 4.69) is 0 Å². The predicted molar refractivity (Wildman–Crippen MR) is 101 cm³/mol. The minimum Gasteiger partial charge on any atom is -0.497 e. The number of likely N-dealkylation sites (N-methyl/N-ethyl adjacent to an activating group) is 2. The van der Waals surface area contributed by atoms with Crippen LogP contribution < -0.4 is 9.64 Å². The number of benzene rings is 2. The summed E-state index contributed by atoms with van der Waals surface area (Å²) in [6.45, 7) is -0.0927. The smallest absolute Gasteiger partial charge is 0.242 e. The molecule has 0 bridgehead atoms. The topological polar surface area (TPSA) is 87.1 Å². The normalized spacial score (nSPS) is 15.1. The van der Waals surface area contributed by atoms with Crippen molar-refractivity contribution in [3.8, 4) is 5.75 Å². The summed E-state index contributed by atoms with van der Waals surface area (Å²) >= 11 is 0. The minimum atomic E-state index is -3.79. The van der Waals surface area contributed by atoms with Gasteiger partial charge in [0.2, 0.25) is 15.9 Å². The lowest BCUT2D eigenvalue weighted by Crippen LogP contribution is -2.31. The van der Waals surface area contributed by atoms with Gasteiger partial charge in [0.1, 0.15) is 5.75 Å². The first-order chi connectivity index (χ1) is 12.7. The second kappa shape index (κ2) is 7.30. The van der Waals surface area contributed by atoms with Crippen molar-refractivity contribution >= 4 is 21.6 Å². The number of methoxy groups -OCH3 is 1. The Morgan fingerprint density at radius 3 is 2.52 bits per heavy atom. The number of rotatable bonds is 6. The summed E-state index contributed by atoms with van der Waals surface area (Å²) in [4.78, 5) is 13.4. The zero-order valence-electron chi connectivity index (χ0n) is 15.4. The zero-order valence-corrected chi connectivity index (χ0v) is 16.2. The quantitative estimate of drug-likeness (QED) is 0.809. The van der Waals surface area contributed by atoms with Crippen LogP contribution in [0.1, 0.15) is 17.2 Å². The van der Waals surface area contributed by atoms with Crippen LogP contribution in [0.4, 0.5) is 5.69 Å². The summed E-state index contributed by atoms with van der Waals surface area (Å²) < 4.78 is 31.9. The molecule has 0 radical (unpaired) electrons. The molecule has 1 aliphatic rings. The van der Waals surface area contributed by atoms with E-state index in [1.807, 2.05) is 0 Å². The molecule has 8 heteroatoms. The van der Waals surface area contributed by atoms with Gasteiger partial charge in [-0.1, -0.05) is 12.1 Å². The monoisotopic (exact) mass is 390 g/mol. The van der Waals surface area contributed by atoms with Crippen LogP contribution in [0.3, 0.4) is 0 Å². The van der Waals surface area contributed by atoms with E-state index < -0.39 is 16.1 Å². The Hall–Kier alpha value is -2.42. The van der Waals surface area contributed by atoms with E-state index in [1.165, 1.54) is 24.1 Å². The van der Waals surface area contributed by atoms with Gasteiger partial charge in [-0.15, -0.1) is 0 Å². The van der Waals surface area contributed by atoms with Gasteiger partial charge in [0, 0.05) is 26.3 Å². The van der Waals surface area contributed by atoms with E-state index in [0.717, 1.165) is 9.99 Å². The molecular formula is C19H22N2O5S. The molecule has 1 unspecified atom stereocenters. The molecule has 27 heavy (non-hydrogen) atoms. The molecule has 2 aromatic rings. The van der Waals surface area contributed by atoms with Crippen molar-refractivity contribution in [2.24, 2.45) is 0 Å². The summed E-state index contributed by atoms with van der Waals surface area (Å²) in [6.07, 6.45) is -0.786. The number of fused-ring (bicyclic) bond motifs is 1. The van der Waals surface area contributed by atoms with Gasteiger partial charge in [0.05, 0.1) is 24.5 Å². The molecule has 7 nitrogen and oxygen atoms in total. The molecule has 0 spiro atoms. The molecule has 1 N–H and O–H groups in total. The molecule has 1 heterocycles. The number of aliphatic hydroxyl groups is 1. The van der Waals surface area contributed by atoms with Crippen molar-refractivity contribution in [1.29, 1.82) is 0 Å². The van der Waals surface area contributed by atoms with Crippen molar-refractivity contribution in [1.82, 2.24) is 4.31 Å². The Bertz CT molecular complexity index is 957. The van der Waals surface area contributed by atoms with Crippen LogP contribution in [0.2, 0.25) is 0 Å². The van der Waals surface area contributed by atoms with Crippen molar-refractivity contribution < 1.29 is 23.1 Å². The van der Waals surface area contributed by atoms with Crippen LogP contribution >= 0.6 is 0 Å². The first kappa shape index (κ1) is 19.3. The molecule has 1 atom stereocenters. The van der Waals surface area contributed by atoms with E-state index in [4.69, 9.17) is 4.74 Å². The molecule has 1 aliphatic heterocycles. The number of carbonyl (C=O) groups excluding carboxylic acids is 1. The standard InChI is InChI=1S/C19H22N2O5S/c1-20(12-18(22)13-4-6-15(26-3)7-5-13)27(24,25)16-8-9-17-14(10-16)11-19(23)21(17)2/h4-10,18,22H,11-12H2,1-3H3. The number of nitrogens with zero attached hydrogens (tertiary/aromatic N) is 2. The highest BCUT2D eigenvalue weighted by Gasteiger charge is 2.28. The summed E-state index contributed by atoms with van der Waals surface area (Å²) in [5.41, 5.74) is 2.01. The van der Waals surface area contributed by atoms with Gasteiger partial charge >= 0.3 is 0 Å². The van der Waals surface area contributed by atoms with Crippen LogP contribution in [0.15, 0.2) is 47.4 Å². The lowest BCUT2D eigenvalue weighted by molar-refractivity contribution is -0.117. The Morgan fingerprint density at radius 1 is 1.22 bits per heavy atom. The Balaban J connectivity index is 1.78. The van der Waals surface area contributed by atoms with Gasteiger partial charge in [-0.3, -0.25) is 4.79 Å². The Morgan fingerprint density at radius 2 is 1.89 bits per heavy atom. The van der Waals surface area contributed by atoms with E-state index in [9.17, 15) is 18.3 Å². The number of amides is 1. The molecule has 0 saturated carbocycles. The predicted octanol–water partition coefficient (Wildman–Crippen LogP) is 1.57. The number of hydrogen-bond acceptors (Lipinski definition) is 5. The maximum Gasteiger partial charge on any atom is 0.242 e. The highest BCUT2D eigenvalue weighted by molar-refractivity contribution is 7.89. The maximum absolute atomic E-state index is 12.9. The SMILES string of the molecule is COc1ccc(C(O)CN(C)S(=O)(=O)c2ccc3c(c2)CC(=O)N3C)cc1. The van der Waals surface area contributed by atoms with Gasteiger partial charge < -0.3 is 14.7 Å². The van der Waals surface area contributed by atoms with Crippen LogP contribution in [0, 0.1) is 0 Å².